The van der Waals surface area contributed by atoms with Crippen molar-refractivity contribution >= 4 is 17.2 Å². The van der Waals surface area contributed by atoms with E-state index >= 15 is 0 Å². The monoisotopic (exact) mass is 213 g/mol. The maximum Gasteiger partial charge on any atom is 0.147 e. The molecular weight excluding hydrogens is 198 g/mol. The van der Waals surface area contributed by atoms with E-state index in [1.807, 2.05) is 31.3 Å². The first kappa shape index (κ1) is 10.5. The second-order valence-corrected chi connectivity index (χ2v) is 3.75. The zero-order valence-corrected chi connectivity index (χ0v) is 9.51. The number of nitrogen functional groups attached to an aromatic ring is 1. The van der Waals surface area contributed by atoms with Crippen LogP contribution in [0.3, 0.4) is 0 Å². The molecule has 0 aliphatic heterocycles. The van der Waals surface area contributed by atoms with Gasteiger partial charge in [-0.1, -0.05) is 18.2 Å². The first-order chi connectivity index (χ1) is 7.70. The Morgan fingerprint density at radius 2 is 1.75 bits per heavy atom. The molecular formula is C13H15N3. The molecule has 1 aromatic heterocycles. The van der Waals surface area contributed by atoms with E-state index in [-0.39, 0.29) is 0 Å². The highest BCUT2D eigenvalue weighted by Crippen LogP contribution is 2.29. The van der Waals surface area contributed by atoms with Gasteiger partial charge in [0.15, 0.2) is 0 Å². The molecule has 0 amide bonds. The summed E-state index contributed by atoms with van der Waals surface area (Å²) in [6, 6.07) is 12.1. The Hall–Kier alpha value is -2.03. The van der Waals surface area contributed by atoms with E-state index in [0.29, 0.717) is 5.82 Å². The van der Waals surface area contributed by atoms with Crippen molar-refractivity contribution in [1.82, 2.24) is 4.98 Å². The van der Waals surface area contributed by atoms with Gasteiger partial charge >= 0.3 is 0 Å². The smallest absolute Gasteiger partial charge is 0.147 e. The summed E-state index contributed by atoms with van der Waals surface area (Å²) in [6.07, 6.45) is 1.70. The number of aromatic nitrogens is 1. The van der Waals surface area contributed by atoms with Crippen LogP contribution in [0.5, 0.6) is 0 Å². The fourth-order valence-electron chi connectivity index (χ4n) is 1.76. The van der Waals surface area contributed by atoms with Crippen LogP contribution in [0.25, 0.3) is 0 Å². The zero-order chi connectivity index (χ0) is 11.5. The third-order valence-electron chi connectivity index (χ3n) is 2.65. The van der Waals surface area contributed by atoms with Crippen molar-refractivity contribution in [3.05, 3.63) is 48.2 Å². The second-order valence-electron chi connectivity index (χ2n) is 3.75. The molecule has 0 atom stereocenters. The maximum absolute atomic E-state index is 5.86. The van der Waals surface area contributed by atoms with E-state index in [2.05, 4.69) is 28.9 Å². The summed E-state index contributed by atoms with van der Waals surface area (Å²) in [5.74, 6) is 0.549. The van der Waals surface area contributed by atoms with Crippen molar-refractivity contribution in [3.8, 4) is 0 Å². The molecule has 3 heteroatoms. The van der Waals surface area contributed by atoms with Crippen LogP contribution < -0.4 is 10.6 Å². The third-order valence-corrected chi connectivity index (χ3v) is 2.65. The first-order valence-corrected chi connectivity index (χ1v) is 5.20. The van der Waals surface area contributed by atoms with Crippen LogP contribution in [0.15, 0.2) is 42.6 Å². The molecule has 1 aromatic carbocycles. The molecule has 0 radical (unpaired) electrons. The lowest BCUT2D eigenvalue weighted by atomic mass is 10.2. The Bertz CT molecular complexity index is 449. The van der Waals surface area contributed by atoms with E-state index in [0.717, 1.165) is 11.4 Å². The summed E-state index contributed by atoms with van der Waals surface area (Å²) in [4.78, 5) is 6.14. The van der Waals surface area contributed by atoms with Gasteiger partial charge in [0, 0.05) is 18.9 Å². The lowest BCUT2D eigenvalue weighted by molar-refractivity contribution is 1.16. The average molecular weight is 213 g/mol. The van der Waals surface area contributed by atoms with E-state index in [4.69, 9.17) is 5.73 Å². The topological polar surface area (TPSA) is 42.2 Å². The zero-order valence-electron chi connectivity index (χ0n) is 9.51. The van der Waals surface area contributed by atoms with Crippen molar-refractivity contribution < 1.29 is 0 Å². The molecule has 0 unspecified atom stereocenters. The van der Waals surface area contributed by atoms with Gasteiger partial charge in [-0.05, 0) is 30.7 Å². The quantitative estimate of drug-likeness (QED) is 0.834. The van der Waals surface area contributed by atoms with Gasteiger partial charge in [0.1, 0.15) is 5.82 Å². The number of hydrogen-bond acceptors (Lipinski definition) is 3. The second kappa shape index (κ2) is 4.23. The minimum atomic E-state index is 0.549. The lowest BCUT2D eigenvalue weighted by Crippen LogP contribution is -2.13. The van der Waals surface area contributed by atoms with E-state index in [1.165, 1.54) is 5.56 Å². The average Bonchev–Trinajstić information content (AvgIpc) is 2.29. The van der Waals surface area contributed by atoms with Crippen LogP contribution in [-0.4, -0.2) is 12.0 Å². The predicted molar refractivity (Wildman–Crippen MR) is 67.9 cm³/mol. The van der Waals surface area contributed by atoms with Gasteiger partial charge in [-0.25, -0.2) is 4.98 Å². The fraction of sp³-hybridized carbons (Fsp3) is 0.154. The molecule has 0 saturated carbocycles. The number of anilines is 3. The Balaban J connectivity index is 2.44. The molecule has 2 rings (SSSR count). The number of aryl methyl sites for hydroxylation is 1. The van der Waals surface area contributed by atoms with Gasteiger partial charge in [-0.2, -0.15) is 0 Å². The van der Waals surface area contributed by atoms with Crippen LogP contribution in [0, 0.1) is 6.92 Å². The number of pyridine rings is 1. The molecule has 0 saturated heterocycles. The summed E-state index contributed by atoms with van der Waals surface area (Å²) >= 11 is 0. The molecule has 2 aromatic rings. The summed E-state index contributed by atoms with van der Waals surface area (Å²) in [7, 11) is 2.00. The highest BCUT2D eigenvalue weighted by atomic mass is 15.1. The minimum Gasteiger partial charge on any atom is -0.382 e. The van der Waals surface area contributed by atoms with Gasteiger partial charge in [-0.15, -0.1) is 0 Å². The highest BCUT2D eigenvalue weighted by Gasteiger charge is 2.09. The largest absolute Gasteiger partial charge is 0.382 e. The molecule has 1 heterocycles. The van der Waals surface area contributed by atoms with Crippen LogP contribution in [-0.2, 0) is 0 Å². The third kappa shape index (κ3) is 1.84. The lowest BCUT2D eigenvalue weighted by Gasteiger charge is -2.22. The molecule has 2 N–H and O–H groups in total. The molecule has 0 fully saturated rings. The number of nitrogens with two attached hydrogens (primary N) is 1. The molecule has 0 aliphatic carbocycles. The van der Waals surface area contributed by atoms with Crippen molar-refractivity contribution in [2.45, 2.75) is 6.92 Å². The number of hydrogen-bond donors (Lipinski definition) is 1. The standard InChI is InChI=1S/C13H15N3/c1-10-6-3-4-7-11(10)16(2)12-8-5-9-15-13(12)14/h3-9H,1-2H3,(H2,14,15). The number of para-hydroxylation sites is 1. The minimum absolute atomic E-state index is 0.549. The van der Waals surface area contributed by atoms with Crippen LogP contribution in [0.2, 0.25) is 0 Å². The van der Waals surface area contributed by atoms with E-state index in [1.54, 1.807) is 6.20 Å². The van der Waals surface area contributed by atoms with Crippen molar-refractivity contribution in [2.75, 3.05) is 17.7 Å². The molecule has 16 heavy (non-hydrogen) atoms. The van der Waals surface area contributed by atoms with Crippen LogP contribution in [0.1, 0.15) is 5.56 Å². The van der Waals surface area contributed by atoms with E-state index in [9.17, 15) is 0 Å². The van der Waals surface area contributed by atoms with Gasteiger partial charge < -0.3 is 10.6 Å². The molecule has 82 valence electrons. The molecule has 0 aliphatic rings. The Kier molecular flexibility index (Phi) is 2.77. The highest BCUT2D eigenvalue weighted by molar-refractivity contribution is 5.73. The number of nitrogens with zero attached hydrogens (tertiary/aromatic N) is 2. The molecule has 0 bridgehead atoms. The SMILES string of the molecule is Cc1ccccc1N(C)c1cccnc1N. The van der Waals surface area contributed by atoms with Gasteiger partial charge in [-0.3, -0.25) is 0 Å². The summed E-state index contributed by atoms with van der Waals surface area (Å²) in [5.41, 5.74) is 9.14. The van der Waals surface area contributed by atoms with Crippen LogP contribution in [0.4, 0.5) is 17.2 Å². The Morgan fingerprint density at radius 3 is 2.44 bits per heavy atom. The van der Waals surface area contributed by atoms with E-state index < -0.39 is 0 Å². The van der Waals surface area contributed by atoms with Crippen molar-refractivity contribution in [2.24, 2.45) is 0 Å². The normalized spacial score (nSPS) is 10.1. The summed E-state index contributed by atoms with van der Waals surface area (Å²) in [6.45, 7) is 2.08. The molecule has 0 spiro atoms. The van der Waals surface area contributed by atoms with Gasteiger partial charge in [0.25, 0.3) is 0 Å². The van der Waals surface area contributed by atoms with Crippen LogP contribution >= 0.6 is 0 Å². The van der Waals surface area contributed by atoms with Gasteiger partial charge in [0.2, 0.25) is 0 Å². The number of rotatable bonds is 2. The molecule has 3 nitrogen and oxygen atoms in total. The number of benzene rings is 1. The predicted octanol–water partition coefficient (Wildman–Crippen LogP) is 2.74. The Morgan fingerprint density at radius 1 is 1.06 bits per heavy atom. The van der Waals surface area contributed by atoms with Crippen molar-refractivity contribution in [1.29, 1.82) is 0 Å². The Labute approximate surface area is 95.5 Å². The van der Waals surface area contributed by atoms with Gasteiger partial charge in [0.05, 0.1) is 5.69 Å². The summed E-state index contributed by atoms with van der Waals surface area (Å²) < 4.78 is 0. The summed E-state index contributed by atoms with van der Waals surface area (Å²) in [5, 5.41) is 0. The fourth-order valence-corrected chi connectivity index (χ4v) is 1.76. The first-order valence-electron chi connectivity index (χ1n) is 5.20. The maximum atomic E-state index is 5.86. The van der Waals surface area contributed by atoms with Crippen molar-refractivity contribution in [3.63, 3.8) is 0 Å².